The molecule has 0 radical (unpaired) electrons. The Bertz CT molecular complexity index is 461. The van der Waals surface area contributed by atoms with Gasteiger partial charge < -0.3 is 5.73 Å². The van der Waals surface area contributed by atoms with Gasteiger partial charge in [-0.2, -0.15) is 0 Å². The van der Waals surface area contributed by atoms with Crippen LogP contribution in [-0.4, -0.2) is 11.9 Å². The molecule has 0 bridgehead atoms. The van der Waals surface area contributed by atoms with E-state index in [0.29, 0.717) is 5.56 Å². The molecule has 1 aromatic carbocycles. The van der Waals surface area contributed by atoms with Crippen LogP contribution in [0.4, 0.5) is 4.39 Å². The number of aliphatic imine (C=N–C) groups is 1. The molecule has 1 atom stereocenters. The fourth-order valence-electron chi connectivity index (χ4n) is 1.33. The summed E-state index contributed by atoms with van der Waals surface area (Å²) in [6.07, 6.45) is 0. The lowest BCUT2D eigenvalue weighted by Gasteiger charge is -2.05. The zero-order valence-corrected chi connectivity index (χ0v) is 8.25. The van der Waals surface area contributed by atoms with Crippen LogP contribution in [0.2, 0.25) is 5.02 Å². The highest BCUT2D eigenvalue weighted by Gasteiger charge is 2.26. The van der Waals surface area contributed by atoms with Gasteiger partial charge in [-0.3, -0.25) is 10.1 Å². The fourth-order valence-corrected chi connectivity index (χ4v) is 1.45. The van der Waals surface area contributed by atoms with E-state index < -0.39 is 11.9 Å². The number of hydrogen-bond acceptors (Lipinski definition) is 3. The van der Waals surface area contributed by atoms with Crippen LogP contribution in [0.25, 0.3) is 0 Å². The van der Waals surface area contributed by atoms with Crippen LogP contribution in [0.1, 0.15) is 11.6 Å². The molecule has 6 heteroatoms. The number of nitrogens with one attached hydrogen (secondary N) is 1. The number of carbonyl (C=O) groups is 1. The molecule has 0 aromatic heterocycles. The smallest absolute Gasteiger partial charge is 0.256 e. The normalized spacial score (nSPS) is 20.0. The van der Waals surface area contributed by atoms with Crippen LogP contribution in [-0.2, 0) is 4.79 Å². The Hall–Kier alpha value is -1.62. The standard InChI is InChI=1S/C9H7ClFN3O/c10-5-2-1-4(3-6(5)11)7-8(15)14-9(12)13-7/h1-3,7H,(H3,12,13,14,15). The third-order valence-corrected chi connectivity index (χ3v) is 2.33. The predicted octanol–water partition coefficient (Wildman–Crippen LogP) is 0.965. The molecular formula is C9H7ClFN3O. The molecule has 0 fully saturated rings. The monoisotopic (exact) mass is 227 g/mol. The van der Waals surface area contributed by atoms with Crippen LogP contribution in [0.3, 0.4) is 0 Å². The van der Waals surface area contributed by atoms with Crippen molar-refractivity contribution >= 4 is 23.5 Å². The second kappa shape index (κ2) is 3.51. The molecule has 0 saturated heterocycles. The van der Waals surface area contributed by atoms with Gasteiger partial charge in [0.2, 0.25) is 0 Å². The number of carbonyl (C=O) groups excluding carboxylic acids is 1. The summed E-state index contributed by atoms with van der Waals surface area (Å²) in [6.45, 7) is 0. The summed E-state index contributed by atoms with van der Waals surface area (Å²) < 4.78 is 13.1. The fraction of sp³-hybridized carbons (Fsp3) is 0.111. The van der Waals surface area contributed by atoms with Crippen LogP contribution in [0.15, 0.2) is 23.2 Å². The van der Waals surface area contributed by atoms with Crippen molar-refractivity contribution in [2.24, 2.45) is 10.7 Å². The molecule has 1 amide bonds. The minimum absolute atomic E-state index is 0.00843. The average Bonchev–Trinajstić information content (AvgIpc) is 2.50. The third-order valence-electron chi connectivity index (χ3n) is 2.03. The molecule has 0 spiro atoms. The number of amides is 1. The molecule has 15 heavy (non-hydrogen) atoms. The molecule has 0 aliphatic carbocycles. The van der Waals surface area contributed by atoms with Gasteiger partial charge in [-0.25, -0.2) is 9.38 Å². The van der Waals surface area contributed by atoms with Gasteiger partial charge in [-0.05, 0) is 17.7 Å². The number of guanidine groups is 1. The van der Waals surface area contributed by atoms with Crippen LogP contribution in [0, 0.1) is 5.82 Å². The van der Waals surface area contributed by atoms with E-state index in [0.717, 1.165) is 0 Å². The summed E-state index contributed by atoms with van der Waals surface area (Å²) in [5.41, 5.74) is 5.74. The Morgan fingerprint density at radius 2 is 2.27 bits per heavy atom. The Morgan fingerprint density at radius 3 is 2.80 bits per heavy atom. The topological polar surface area (TPSA) is 67.5 Å². The Balaban J connectivity index is 2.38. The Morgan fingerprint density at radius 1 is 1.53 bits per heavy atom. The number of nitrogens with two attached hydrogens (primary N) is 1. The summed E-state index contributed by atoms with van der Waals surface area (Å²) in [7, 11) is 0. The molecular weight excluding hydrogens is 221 g/mol. The molecule has 1 aromatic rings. The SMILES string of the molecule is NC1=NC(c2ccc(Cl)c(F)c2)C(=O)N1. The van der Waals surface area contributed by atoms with E-state index in [9.17, 15) is 9.18 Å². The second-order valence-corrected chi connectivity index (χ2v) is 3.49. The predicted molar refractivity (Wildman–Crippen MR) is 53.9 cm³/mol. The van der Waals surface area contributed by atoms with Gasteiger partial charge in [0, 0.05) is 0 Å². The van der Waals surface area contributed by atoms with Crippen molar-refractivity contribution in [3.8, 4) is 0 Å². The average molecular weight is 228 g/mol. The number of hydrogen-bond donors (Lipinski definition) is 2. The van der Waals surface area contributed by atoms with Crippen molar-refractivity contribution in [2.45, 2.75) is 6.04 Å². The first-order valence-electron chi connectivity index (χ1n) is 4.17. The minimum atomic E-state index is -0.781. The maximum atomic E-state index is 13.1. The zero-order valence-electron chi connectivity index (χ0n) is 7.50. The molecule has 1 heterocycles. The number of nitrogens with zero attached hydrogens (tertiary/aromatic N) is 1. The Labute approximate surface area is 89.9 Å². The summed E-state index contributed by atoms with van der Waals surface area (Å²) >= 11 is 5.52. The van der Waals surface area contributed by atoms with Gasteiger partial charge in [0.1, 0.15) is 5.82 Å². The van der Waals surface area contributed by atoms with Crippen molar-refractivity contribution in [3.63, 3.8) is 0 Å². The summed E-state index contributed by atoms with van der Waals surface area (Å²) in [4.78, 5) is 15.2. The van der Waals surface area contributed by atoms with E-state index >= 15 is 0 Å². The Kier molecular flexibility index (Phi) is 2.32. The summed E-state index contributed by atoms with van der Waals surface area (Å²) in [5.74, 6) is -0.905. The van der Waals surface area contributed by atoms with Crippen molar-refractivity contribution in [2.75, 3.05) is 0 Å². The first-order valence-corrected chi connectivity index (χ1v) is 4.55. The van der Waals surface area contributed by atoms with E-state index in [1.807, 2.05) is 0 Å². The van der Waals surface area contributed by atoms with Crippen molar-refractivity contribution < 1.29 is 9.18 Å². The molecule has 2 rings (SSSR count). The lowest BCUT2D eigenvalue weighted by molar-refractivity contribution is -0.120. The summed E-state index contributed by atoms with van der Waals surface area (Å²) in [5, 5.41) is 2.34. The van der Waals surface area contributed by atoms with Gasteiger partial charge in [-0.1, -0.05) is 17.7 Å². The van der Waals surface area contributed by atoms with Gasteiger partial charge in [-0.15, -0.1) is 0 Å². The molecule has 78 valence electrons. The van der Waals surface area contributed by atoms with E-state index in [2.05, 4.69) is 10.3 Å². The van der Waals surface area contributed by atoms with Gasteiger partial charge in [0.15, 0.2) is 12.0 Å². The van der Waals surface area contributed by atoms with Gasteiger partial charge >= 0.3 is 0 Å². The lowest BCUT2D eigenvalue weighted by atomic mass is 10.1. The molecule has 1 aliphatic heterocycles. The highest BCUT2D eigenvalue weighted by atomic mass is 35.5. The maximum absolute atomic E-state index is 13.1. The molecule has 1 aliphatic rings. The quantitative estimate of drug-likeness (QED) is 0.751. The highest BCUT2D eigenvalue weighted by molar-refractivity contribution is 6.30. The van der Waals surface area contributed by atoms with Crippen LogP contribution < -0.4 is 11.1 Å². The maximum Gasteiger partial charge on any atom is 0.256 e. The lowest BCUT2D eigenvalue weighted by Crippen LogP contribution is -2.31. The molecule has 3 N–H and O–H groups in total. The van der Waals surface area contributed by atoms with E-state index in [4.69, 9.17) is 17.3 Å². The van der Waals surface area contributed by atoms with E-state index in [1.54, 1.807) is 0 Å². The number of benzene rings is 1. The zero-order chi connectivity index (χ0) is 11.0. The van der Waals surface area contributed by atoms with Gasteiger partial charge in [0.05, 0.1) is 5.02 Å². The summed E-state index contributed by atoms with van der Waals surface area (Å²) in [6, 6.07) is 3.31. The first kappa shape index (κ1) is 9.92. The first-order chi connectivity index (χ1) is 7.08. The second-order valence-electron chi connectivity index (χ2n) is 3.08. The van der Waals surface area contributed by atoms with Crippen LogP contribution in [0.5, 0.6) is 0 Å². The highest BCUT2D eigenvalue weighted by Crippen LogP contribution is 2.24. The third kappa shape index (κ3) is 1.78. The largest absolute Gasteiger partial charge is 0.370 e. The van der Waals surface area contributed by atoms with Crippen molar-refractivity contribution in [1.29, 1.82) is 0 Å². The van der Waals surface area contributed by atoms with E-state index in [-0.39, 0.29) is 16.9 Å². The number of halogens is 2. The van der Waals surface area contributed by atoms with E-state index in [1.165, 1.54) is 18.2 Å². The molecule has 4 nitrogen and oxygen atoms in total. The van der Waals surface area contributed by atoms with Crippen LogP contribution >= 0.6 is 11.6 Å². The molecule has 0 saturated carbocycles. The number of rotatable bonds is 1. The molecule has 1 unspecified atom stereocenters. The van der Waals surface area contributed by atoms with Gasteiger partial charge in [0.25, 0.3) is 5.91 Å². The minimum Gasteiger partial charge on any atom is -0.370 e. The van der Waals surface area contributed by atoms with Crippen molar-refractivity contribution in [3.05, 3.63) is 34.6 Å². The van der Waals surface area contributed by atoms with Crippen molar-refractivity contribution in [1.82, 2.24) is 5.32 Å².